The van der Waals surface area contributed by atoms with Crippen LogP contribution in [0.4, 0.5) is 9.52 Å². The number of anilines is 1. The number of halogens is 1. The van der Waals surface area contributed by atoms with Crippen molar-refractivity contribution in [3.63, 3.8) is 0 Å². The van der Waals surface area contributed by atoms with Crippen LogP contribution >= 0.6 is 11.3 Å². The summed E-state index contributed by atoms with van der Waals surface area (Å²) in [5, 5.41) is 3.25. The lowest BCUT2D eigenvalue weighted by Gasteiger charge is -2.05. The van der Waals surface area contributed by atoms with E-state index >= 15 is 0 Å². The minimum absolute atomic E-state index is 0.105. The number of thiazole rings is 1. The molecule has 0 aliphatic carbocycles. The van der Waals surface area contributed by atoms with Crippen molar-refractivity contribution in [2.45, 2.75) is 13.3 Å². The van der Waals surface area contributed by atoms with E-state index in [1.54, 1.807) is 37.4 Å². The van der Waals surface area contributed by atoms with E-state index in [2.05, 4.69) is 10.3 Å². The van der Waals surface area contributed by atoms with Crippen molar-refractivity contribution in [3.8, 4) is 11.5 Å². The number of carbonyl (C=O) groups excluding carboxylic acids is 1. The summed E-state index contributed by atoms with van der Waals surface area (Å²) in [5.74, 6) is 0.464. The topological polar surface area (TPSA) is 60.5 Å². The molecule has 0 saturated heterocycles. The lowest BCUT2D eigenvalue weighted by molar-refractivity contribution is 0.102. The van der Waals surface area contributed by atoms with Crippen LogP contribution in [-0.4, -0.2) is 17.7 Å². The van der Waals surface area contributed by atoms with E-state index < -0.39 is 0 Å². The number of nitrogens with zero attached hydrogens (tertiary/aromatic N) is 1. The van der Waals surface area contributed by atoms with Gasteiger partial charge in [-0.2, -0.15) is 0 Å². The van der Waals surface area contributed by atoms with Gasteiger partial charge in [-0.25, -0.2) is 9.37 Å². The van der Waals surface area contributed by atoms with Gasteiger partial charge in [0.05, 0.1) is 5.56 Å². The van der Waals surface area contributed by atoms with Crippen LogP contribution < -0.4 is 14.8 Å². The van der Waals surface area contributed by atoms with Crippen LogP contribution in [0.25, 0.3) is 0 Å². The first-order valence-electron chi connectivity index (χ1n) is 8.00. The van der Waals surface area contributed by atoms with Gasteiger partial charge in [0.15, 0.2) is 16.6 Å². The molecular weight excluding hydrogens is 355 g/mol. The highest BCUT2D eigenvalue weighted by Gasteiger charge is 2.22. The van der Waals surface area contributed by atoms with Crippen molar-refractivity contribution in [1.29, 1.82) is 0 Å². The monoisotopic (exact) mass is 370 g/mol. The molecule has 2 heterocycles. The molecule has 0 radical (unpaired) electrons. The van der Waals surface area contributed by atoms with Crippen LogP contribution in [0.15, 0.2) is 42.6 Å². The first-order chi connectivity index (χ1) is 12.6. The first kappa shape index (κ1) is 16.5. The Morgan fingerprint density at radius 3 is 3.04 bits per heavy atom. The molecule has 1 aliphatic heterocycles. The predicted molar refractivity (Wildman–Crippen MR) is 96.6 cm³/mol. The van der Waals surface area contributed by atoms with Gasteiger partial charge in [0.2, 0.25) is 6.79 Å². The second kappa shape index (κ2) is 6.76. The molecule has 0 spiro atoms. The number of rotatable bonds is 4. The van der Waals surface area contributed by atoms with Gasteiger partial charge < -0.3 is 9.47 Å². The largest absolute Gasteiger partial charge is 0.454 e. The molecule has 0 bridgehead atoms. The number of para-hydroxylation sites is 1. The van der Waals surface area contributed by atoms with Crippen molar-refractivity contribution in [1.82, 2.24) is 4.98 Å². The molecular formula is C19H15FN2O3S. The van der Waals surface area contributed by atoms with E-state index in [0.29, 0.717) is 34.2 Å². The van der Waals surface area contributed by atoms with Crippen molar-refractivity contribution in [2.75, 3.05) is 12.1 Å². The van der Waals surface area contributed by atoms with Crippen LogP contribution in [0.1, 0.15) is 26.4 Å². The Bertz CT molecular complexity index is 987. The van der Waals surface area contributed by atoms with E-state index in [4.69, 9.17) is 9.47 Å². The molecule has 0 fully saturated rings. The summed E-state index contributed by atoms with van der Waals surface area (Å²) in [5.41, 5.74) is 1.88. The molecule has 1 aromatic heterocycles. The van der Waals surface area contributed by atoms with Crippen LogP contribution in [0.2, 0.25) is 0 Å². The summed E-state index contributed by atoms with van der Waals surface area (Å²) in [6.45, 7) is 1.84. The highest BCUT2D eigenvalue weighted by molar-refractivity contribution is 7.15. The average Bonchev–Trinajstić information content (AvgIpc) is 3.27. The lowest BCUT2D eigenvalue weighted by atomic mass is 10.1. The van der Waals surface area contributed by atoms with Crippen LogP contribution in [0, 0.1) is 12.7 Å². The summed E-state index contributed by atoms with van der Waals surface area (Å²) in [7, 11) is 0. The Morgan fingerprint density at radius 2 is 2.19 bits per heavy atom. The summed E-state index contributed by atoms with van der Waals surface area (Å²) in [6, 6.07) is 10.3. The fourth-order valence-electron chi connectivity index (χ4n) is 2.67. The minimum Gasteiger partial charge on any atom is -0.454 e. The zero-order valence-electron chi connectivity index (χ0n) is 13.9. The Labute approximate surface area is 153 Å². The summed E-state index contributed by atoms with van der Waals surface area (Å²) in [6.07, 6.45) is 2.25. The number of carbonyl (C=O) groups is 1. The number of hydrogen-bond acceptors (Lipinski definition) is 5. The fraction of sp³-hybridized carbons (Fsp3) is 0.158. The maximum Gasteiger partial charge on any atom is 0.261 e. The third kappa shape index (κ3) is 3.25. The lowest BCUT2D eigenvalue weighted by Crippen LogP contribution is -2.12. The maximum absolute atomic E-state index is 13.7. The zero-order chi connectivity index (χ0) is 18.1. The Hall–Kier alpha value is -2.93. The van der Waals surface area contributed by atoms with Crippen molar-refractivity contribution in [3.05, 3.63) is 70.0 Å². The van der Waals surface area contributed by atoms with Gasteiger partial charge >= 0.3 is 0 Å². The summed E-state index contributed by atoms with van der Waals surface area (Å²) < 4.78 is 24.3. The molecule has 7 heteroatoms. The predicted octanol–water partition coefficient (Wildman–Crippen LogP) is 4.16. The fourth-order valence-corrected chi connectivity index (χ4v) is 3.51. The van der Waals surface area contributed by atoms with Gasteiger partial charge in [0.25, 0.3) is 5.91 Å². The number of hydrogen-bond donors (Lipinski definition) is 1. The van der Waals surface area contributed by atoms with Crippen molar-refractivity contribution < 1.29 is 18.7 Å². The van der Waals surface area contributed by atoms with E-state index in [1.807, 2.05) is 6.07 Å². The van der Waals surface area contributed by atoms with E-state index in [-0.39, 0.29) is 18.5 Å². The molecule has 1 N–H and O–H groups in total. The Kier molecular flexibility index (Phi) is 4.30. The Balaban J connectivity index is 1.47. The number of amides is 1. The van der Waals surface area contributed by atoms with E-state index in [1.165, 1.54) is 17.4 Å². The number of nitrogens with one attached hydrogen (secondary N) is 1. The summed E-state index contributed by atoms with van der Waals surface area (Å²) >= 11 is 1.36. The average molecular weight is 370 g/mol. The Morgan fingerprint density at radius 1 is 1.31 bits per heavy atom. The van der Waals surface area contributed by atoms with Gasteiger partial charge in [0.1, 0.15) is 5.82 Å². The SMILES string of the molecule is Cc1ccc(Cc2cnc(NC(=O)c3cccc4c3OCO4)s2)cc1F. The number of ether oxygens (including phenoxy) is 2. The standard InChI is InChI=1S/C19H15FN2O3S/c1-11-5-6-12(8-15(11)20)7-13-9-21-19(26-13)22-18(23)14-3-2-4-16-17(14)25-10-24-16/h2-6,8-9H,7,10H2,1H3,(H,21,22,23). The van der Waals surface area contributed by atoms with E-state index in [9.17, 15) is 9.18 Å². The number of aromatic nitrogens is 1. The number of benzene rings is 2. The normalized spacial score (nSPS) is 12.2. The van der Waals surface area contributed by atoms with Gasteiger partial charge in [-0.1, -0.05) is 18.2 Å². The zero-order valence-corrected chi connectivity index (χ0v) is 14.7. The molecule has 5 nitrogen and oxygen atoms in total. The molecule has 3 aromatic rings. The van der Waals surface area contributed by atoms with E-state index in [0.717, 1.165) is 10.4 Å². The maximum atomic E-state index is 13.7. The molecule has 0 unspecified atom stereocenters. The van der Waals surface area contributed by atoms with Crippen LogP contribution in [0.5, 0.6) is 11.5 Å². The van der Waals surface area contributed by atoms with Crippen molar-refractivity contribution in [2.24, 2.45) is 0 Å². The van der Waals surface area contributed by atoms with Crippen molar-refractivity contribution >= 4 is 22.4 Å². The van der Waals surface area contributed by atoms with Gasteiger partial charge in [0, 0.05) is 17.5 Å². The molecule has 4 rings (SSSR count). The molecule has 1 amide bonds. The molecule has 1 aliphatic rings. The van der Waals surface area contributed by atoms with Crippen LogP contribution in [-0.2, 0) is 6.42 Å². The molecule has 2 aromatic carbocycles. The summed E-state index contributed by atoms with van der Waals surface area (Å²) in [4.78, 5) is 17.7. The minimum atomic E-state index is -0.311. The third-order valence-electron chi connectivity index (χ3n) is 4.03. The molecule has 0 saturated carbocycles. The second-order valence-electron chi connectivity index (χ2n) is 5.89. The highest BCUT2D eigenvalue weighted by Crippen LogP contribution is 2.35. The van der Waals surface area contributed by atoms with Gasteiger partial charge in [-0.05, 0) is 36.2 Å². The van der Waals surface area contributed by atoms with Crippen LogP contribution in [0.3, 0.4) is 0 Å². The second-order valence-corrected chi connectivity index (χ2v) is 7.00. The number of aryl methyl sites for hydroxylation is 1. The molecule has 132 valence electrons. The van der Waals surface area contributed by atoms with Gasteiger partial charge in [-0.15, -0.1) is 11.3 Å². The molecule has 26 heavy (non-hydrogen) atoms. The quantitative estimate of drug-likeness (QED) is 0.749. The third-order valence-corrected chi connectivity index (χ3v) is 4.94. The van der Waals surface area contributed by atoms with Gasteiger partial charge in [-0.3, -0.25) is 10.1 Å². The highest BCUT2D eigenvalue weighted by atomic mass is 32.1. The first-order valence-corrected chi connectivity index (χ1v) is 8.81. The smallest absolute Gasteiger partial charge is 0.261 e. The number of fused-ring (bicyclic) bond motifs is 1. The molecule has 0 atom stereocenters.